The van der Waals surface area contributed by atoms with Gasteiger partial charge in [-0.15, -0.1) is 0 Å². The van der Waals surface area contributed by atoms with Crippen molar-refractivity contribution in [3.05, 3.63) is 11.7 Å². The molecule has 16 heavy (non-hydrogen) atoms. The molecule has 0 amide bonds. The Kier molecular flexibility index (Phi) is 3.83. The summed E-state index contributed by atoms with van der Waals surface area (Å²) in [6.45, 7) is 4.43. The van der Waals surface area contributed by atoms with E-state index in [2.05, 4.69) is 10.1 Å². The molecule has 5 nitrogen and oxygen atoms in total. The highest BCUT2D eigenvalue weighted by Gasteiger charge is 2.32. The van der Waals surface area contributed by atoms with Crippen molar-refractivity contribution < 1.29 is 14.4 Å². The highest BCUT2D eigenvalue weighted by molar-refractivity contribution is 7.99. The van der Waals surface area contributed by atoms with Crippen LogP contribution in [0.3, 0.4) is 0 Å². The summed E-state index contributed by atoms with van der Waals surface area (Å²) in [5, 5.41) is 13.6. The quantitative estimate of drug-likeness (QED) is 0.862. The van der Waals surface area contributed by atoms with Gasteiger partial charge in [0.15, 0.2) is 5.82 Å². The number of nitrogens with zero attached hydrogens (tertiary/aromatic N) is 2. The Labute approximate surface area is 98.6 Å². The molecule has 1 aromatic heterocycles. The van der Waals surface area contributed by atoms with E-state index in [0.29, 0.717) is 18.3 Å². The van der Waals surface area contributed by atoms with Crippen molar-refractivity contribution in [2.45, 2.75) is 32.0 Å². The molecule has 3 atom stereocenters. The van der Waals surface area contributed by atoms with Crippen molar-refractivity contribution in [3.8, 4) is 0 Å². The van der Waals surface area contributed by atoms with E-state index in [9.17, 15) is 5.11 Å². The Morgan fingerprint density at radius 1 is 1.62 bits per heavy atom. The minimum Gasteiger partial charge on any atom is -0.391 e. The standard InChI is InChI=1S/C10H16N2O3S/c1-3-14-6(2)9-11-10(15-12-9)7-4-16-5-8(7)13/h6-8,13H,3-5H2,1-2H3. The predicted molar refractivity (Wildman–Crippen MR) is 60.4 cm³/mol. The third-order valence-electron chi connectivity index (χ3n) is 2.61. The van der Waals surface area contributed by atoms with E-state index >= 15 is 0 Å². The molecule has 1 N–H and O–H groups in total. The molecule has 1 saturated heterocycles. The van der Waals surface area contributed by atoms with Crippen LogP contribution in [-0.2, 0) is 4.74 Å². The number of thioether (sulfide) groups is 1. The van der Waals surface area contributed by atoms with Crippen LogP contribution in [0.5, 0.6) is 0 Å². The first-order valence-corrected chi connectivity index (χ1v) is 6.58. The highest BCUT2D eigenvalue weighted by Crippen LogP contribution is 2.32. The van der Waals surface area contributed by atoms with Crippen LogP contribution in [0.2, 0.25) is 0 Å². The highest BCUT2D eigenvalue weighted by atomic mass is 32.2. The lowest BCUT2D eigenvalue weighted by Crippen LogP contribution is -2.16. The first-order chi connectivity index (χ1) is 7.72. The molecule has 0 bridgehead atoms. The zero-order valence-electron chi connectivity index (χ0n) is 9.42. The number of aliphatic hydroxyl groups is 1. The number of aliphatic hydroxyl groups excluding tert-OH is 1. The largest absolute Gasteiger partial charge is 0.391 e. The number of hydrogen-bond donors (Lipinski definition) is 1. The Balaban J connectivity index is 2.06. The topological polar surface area (TPSA) is 68.4 Å². The molecule has 1 aliphatic rings. The lowest BCUT2D eigenvalue weighted by molar-refractivity contribution is 0.0683. The SMILES string of the molecule is CCOC(C)c1noc(C2CSCC2O)n1. The van der Waals surface area contributed by atoms with Crippen molar-refractivity contribution in [3.63, 3.8) is 0 Å². The van der Waals surface area contributed by atoms with Crippen LogP contribution in [-0.4, -0.2) is 39.5 Å². The smallest absolute Gasteiger partial charge is 0.233 e. The van der Waals surface area contributed by atoms with Gasteiger partial charge in [0.05, 0.1) is 12.0 Å². The molecule has 2 heterocycles. The van der Waals surface area contributed by atoms with Crippen molar-refractivity contribution >= 4 is 11.8 Å². The van der Waals surface area contributed by atoms with E-state index in [1.165, 1.54) is 0 Å². The zero-order chi connectivity index (χ0) is 11.5. The van der Waals surface area contributed by atoms with Gasteiger partial charge in [0.1, 0.15) is 6.10 Å². The summed E-state index contributed by atoms with van der Waals surface area (Å²) in [5.41, 5.74) is 0. The first-order valence-electron chi connectivity index (χ1n) is 5.43. The average molecular weight is 244 g/mol. The summed E-state index contributed by atoms with van der Waals surface area (Å²) in [6, 6.07) is 0. The monoisotopic (exact) mass is 244 g/mol. The van der Waals surface area contributed by atoms with Gasteiger partial charge in [-0.1, -0.05) is 5.16 Å². The maximum absolute atomic E-state index is 9.71. The molecule has 0 saturated carbocycles. The van der Waals surface area contributed by atoms with E-state index in [1.807, 2.05) is 13.8 Å². The molecular formula is C10H16N2O3S. The summed E-state index contributed by atoms with van der Waals surface area (Å²) in [7, 11) is 0. The molecule has 3 unspecified atom stereocenters. The molecular weight excluding hydrogens is 228 g/mol. The first kappa shape index (κ1) is 11.9. The fraction of sp³-hybridized carbons (Fsp3) is 0.800. The van der Waals surface area contributed by atoms with Crippen LogP contribution < -0.4 is 0 Å². The van der Waals surface area contributed by atoms with Gasteiger partial charge in [0.25, 0.3) is 0 Å². The maximum atomic E-state index is 9.71. The summed E-state index contributed by atoms with van der Waals surface area (Å²) in [5.74, 6) is 2.63. The Hall–Kier alpha value is -0.590. The maximum Gasteiger partial charge on any atom is 0.233 e. The molecule has 6 heteroatoms. The van der Waals surface area contributed by atoms with Gasteiger partial charge in [-0.3, -0.25) is 0 Å². The second-order valence-electron chi connectivity index (χ2n) is 3.80. The number of rotatable bonds is 4. The Morgan fingerprint density at radius 2 is 2.44 bits per heavy atom. The molecule has 1 fully saturated rings. The average Bonchev–Trinajstić information content (AvgIpc) is 2.86. The number of aromatic nitrogens is 2. The van der Waals surface area contributed by atoms with Crippen LogP contribution in [0.25, 0.3) is 0 Å². The zero-order valence-corrected chi connectivity index (χ0v) is 10.2. The van der Waals surface area contributed by atoms with Gasteiger partial charge >= 0.3 is 0 Å². The second kappa shape index (κ2) is 5.16. The van der Waals surface area contributed by atoms with Gasteiger partial charge in [-0.2, -0.15) is 16.7 Å². The van der Waals surface area contributed by atoms with Crippen molar-refractivity contribution in [1.82, 2.24) is 10.1 Å². The summed E-state index contributed by atoms with van der Waals surface area (Å²) in [6.07, 6.45) is -0.533. The molecule has 0 radical (unpaired) electrons. The van der Waals surface area contributed by atoms with Gasteiger partial charge in [0.2, 0.25) is 5.89 Å². The summed E-state index contributed by atoms with van der Waals surface area (Å²) >= 11 is 1.70. The third kappa shape index (κ3) is 2.39. The Morgan fingerprint density at radius 3 is 3.06 bits per heavy atom. The van der Waals surface area contributed by atoms with Crippen molar-refractivity contribution in [2.75, 3.05) is 18.1 Å². The summed E-state index contributed by atoms with van der Waals surface area (Å²) in [4.78, 5) is 4.29. The van der Waals surface area contributed by atoms with Gasteiger partial charge < -0.3 is 14.4 Å². The number of hydrogen-bond acceptors (Lipinski definition) is 6. The van der Waals surface area contributed by atoms with E-state index < -0.39 is 0 Å². The molecule has 1 aliphatic heterocycles. The van der Waals surface area contributed by atoms with Gasteiger partial charge in [-0.25, -0.2) is 0 Å². The third-order valence-corrected chi connectivity index (χ3v) is 3.78. The minimum absolute atomic E-state index is 0.0277. The van der Waals surface area contributed by atoms with Crippen LogP contribution >= 0.6 is 11.8 Å². The number of ether oxygens (including phenoxy) is 1. The van der Waals surface area contributed by atoms with E-state index in [0.717, 1.165) is 11.5 Å². The minimum atomic E-state index is -0.374. The predicted octanol–water partition coefficient (Wildman–Crippen LogP) is 1.36. The fourth-order valence-corrected chi connectivity index (χ4v) is 2.89. The molecule has 1 aromatic rings. The lowest BCUT2D eigenvalue weighted by atomic mass is 10.1. The molecule has 0 aliphatic carbocycles. The normalized spacial score (nSPS) is 27.2. The Bertz CT molecular complexity index is 345. The van der Waals surface area contributed by atoms with Crippen LogP contribution in [0.4, 0.5) is 0 Å². The van der Waals surface area contributed by atoms with Gasteiger partial charge in [-0.05, 0) is 13.8 Å². The molecule has 2 rings (SSSR count). The van der Waals surface area contributed by atoms with Crippen LogP contribution in [0.1, 0.15) is 37.6 Å². The van der Waals surface area contributed by atoms with Crippen molar-refractivity contribution in [2.24, 2.45) is 0 Å². The van der Waals surface area contributed by atoms with Gasteiger partial charge in [0, 0.05) is 18.1 Å². The molecule has 90 valence electrons. The van der Waals surface area contributed by atoms with Crippen LogP contribution in [0, 0.1) is 0 Å². The lowest BCUT2D eigenvalue weighted by Gasteiger charge is -2.07. The van der Waals surface area contributed by atoms with Crippen molar-refractivity contribution in [1.29, 1.82) is 0 Å². The second-order valence-corrected chi connectivity index (χ2v) is 4.87. The van der Waals surface area contributed by atoms with E-state index in [1.54, 1.807) is 11.8 Å². The van der Waals surface area contributed by atoms with E-state index in [4.69, 9.17) is 9.26 Å². The molecule has 0 aromatic carbocycles. The summed E-state index contributed by atoms with van der Waals surface area (Å²) < 4.78 is 10.5. The van der Waals surface area contributed by atoms with Crippen LogP contribution in [0.15, 0.2) is 4.52 Å². The fourth-order valence-electron chi connectivity index (χ4n) is 1.67. The molecule has 0 spiro atoms. The van der Waals surface area contributed by atoms with E-state index in [-0.39, 0.29) is 18.1 Å².